The lowest BCUT2D eigenvalue weighted by molar-refractivity contribution is 0.390. The van der Waals surface area contributed by atoms with E-state index in [4.69, 9.17) is 0 Å². The van der Waals surface area contributed by atoms with Crippen LogP contribution in [0.4, 0.5) is 0 Å². The molecule has 1 aliphatic rings. The van der Waals surface area contributed by atoms with Crippen LogP contribution in [-0.2, 0) is 6.42 Å². The maximum atomic E-state index is 9.19. The van der Waals surface area contributed by atoms with E-state index in [1.165, 1.54) is 0 Å². The van der Waals surface area contributed by atoms with Gasteiger partial charge in [-0.2, -0.15) is 0 Å². The third-order valence-electron chi connectivity index (χ3n) is 1.87. The van der Waals surface area contributed by atoms with Gasteiger partial charge >= 0.3 is 0 Å². The lowest BCUT2D eigenvalue weighted by atomic mass is 10.0. The van der Waals surface area contributed by atoms with E-state index in [0.717, 1.165) is 24.1 Å². The normalized spacial score (nSPS) is 15.5. The second-order valence-electron chi connectivity index (χ2n) is 2.67. The van der Waals surface area contributed by atoms with Crippen molar-refractivity contribution in [3.05, 3.63) is 35.3 Å². The Morgan fingerprint density at radius 2 is 2.27 bits per heavy atom. The summed E-state index contributed by atoms with van der Waals surface area (Å²) < 4.78 is 0. The van der Waals surface area contributed by atoms with Gasteiger partial charge < -0.3 is 5.11 Å². The highest BCUT2D eigenvalue weighted by molar-refractivity contribution is 5.55. The predicted molar refractivity (Wildman–Crippen MR) is 43.2 cm³/mol. The van der Waals surface area contributed by atoms with E-state index in [9.17, 15) is 5.11 Å². The number of aliphatic hydroxyl groups excluding tert-OH is 1. The highest BCUT2D eigenvalue weighted by Gasteiger charge is 2.08. The van der Waals surface area contributed by atoms with Crippen molar-refractivity contribution in [3.63, 3.8) is 0 Å². The zero-order valence-electron chi connectivity index (χ0n) is 6.12. The van der Waals surface area contributed by atoms with E-state index in [0.29, 0.717) is 5.76 Å². The van der Waals surface area contributed by atoms with Crippen LogP contribution in [0, 0.1) is 0 Å². The fraction of sp³-hybridized carbons (Fsp3) is 0.222. The smallest absolute Gasteiger partial charge is 0.0933 e. The van der Waals surface area contributed by atoms with Gasteiger partial charge in [-0.05, 0) is 24.1 Å². The SMILES string of the molecule is OC1=Cc2cccnc2CC1. The number of aryl methyl sites for hydroxylation is 1. The van der Waals surface area contributed by atoms with Crippen LogP contribution in [0.25, 0.3) is 6.08 Å². The summed E-state index contributed by atoms with van der Waals surface area (Å²) in [6.07, 6.45) is 5.16. The third kappa shape index (κ3) is 1.11. The van der Waals surface area contributed by atoms with Gasteiger partial charge in [0.15, 0.2) is 0 Å². The second kappa shape index (κ2) is 2.38. The van der Waals surface area contributed by atoms with Crippen molar-refractivity contribution in [3.8, 4) is 0 Å². The van der Waals surface area contributed by atoms with Crippen LogP contribution in [0.1, 0.15) is 17.7 Å². The largest absolute Gasteiger partial charge is 0.512 e. The highest BCUT2D eigenvalue weighted by atomic mass is 16.3. The molecule has 1 N–H and O–H groups in total. The first-order valence-electron chi connectivity index (χ1n) is 3.70. The summed E-state index contributed by atoms with van der Waals surface area (Å²) in [7, 11) is 0. The number of fused-ring (bicyclic) bond motifs is 1. The second-order valence-corrected chi connectivity index (χ2v) is 2.67. The monoisotopic (exact) mass is 147 g/mol. The number of aliphatic hydroxyl groups is 1. The topological polar surface area (TPSA) is 33.1 Å². The van der Waals surface area contributed by atoms with Crippen LogP contribution < -0.4 is 0 Å². The molecule has 1 aromatic rings. The first-order chi connectivity index (χ1) is 5.36. The number of pyridine rings is 1. The van der Waals surface area contributed by atoms with Crippen LogP contribution in [0.3, 0.4) is 0 Å². The summed E-state index contributed by atoms with van der Waals surface area (Å²) >= 11 is 0. The number of nitrogens with zero attached hydrogens (tertiary/aromatic N) is 1. The zero-order chi connectivity index (χ0) is 7.68. The summed E-state index contributed by atoms with van der Waals surface area (Å²) in [6, 6.07) is 3.85. The maximum absolute atomic E-state index is 9.19. The van der Waals surface area contributed by atoms with E-state index in [2.05, 4.69) is 4.98 Å². The number of rotatable bonds is 0. The highest BCUT2D eigenvalue weighted by Crippen LogP contribution is 2.19. The summed E-state index contributed by atoms with van der Waals surface area (Å²) in [5.74, 6) is 0.463. The molecule has 0 aromatic carbocycles. The van der Waals surface area contributed by atoms with Crippen molar-refractivity contribution in [2.24, 2.45) is 0 Å². The molecule has 2 rings (SSSR count). The van der Waals surface area contributed by atoms with Crippen LogP contribution in [-0.4, -0.2) is 10.1 Å². The molecule has 2 nitrogen and oxygen atoms in total. The van der Waals surface area contributed by atoms with Gasteiger partial charge in [0.2, 0.25) is 0 Å². The minimum atomic E-state index is 0.463. The molecule has 0 saturated carbocycles. The Morgan fingerprint density at radius 1 is 1.36 bits per heavy atom. The van der Waals surface area contributed by atoms with Crippen molar-refractivity contribution in [1.29, 1.82) is 0 Å². The summed E-state index contributed by atoms with van der Waals surface area (Å²) in [6.45, 7) is 0. The van der Waals surface area contributed by atoms with Gasteiger partial charge in [-0.3, -0.25) is 4.98 Å². The molecular weight excluding hydrogens is 138 g/mol. The number of aromatic nitrogens is 1. The van der Waals surface area contributed by atoms with Crippen molar-refractivity contribution in [2.75, 3.05) is 0 Å². The van der Waals surface area contributed by atoms with Crippen molar-refractivity contribution >= 4 is 6.08 Å². The van der Waals surface area contributed by atoms with Crippen molar-refractivity contribution in [2.45, 2.75) is 12.8 Å². The molecule has 2 heteroatoms. The van der Waals surface area contributed by atoms with Gasteiger partial charge in [0.25, 0.3) is 0 Å². The van der Waals surface area contributed by atoms with Crippen LogP contribution in [0.5, 0.6) is 0 Å². The molecule has 0 spiro atoms. The van der Waals surface area contributed by atoms with E-state index < -0.39 is 0 Å². The van der Waals surface area contributed by atoms with Gasteiger partial charge in [0, 0.05) is 18.3 Å². The molecule has 0 aliphatic heterocycles. The van der Waals surface area contributed by atoms with Crippen LogP contribution in [0.15, 0.2) is 24.1 Å². The first kappa shape index (κ1) is 6.40. The molecule has 0 fully saturated rings. The fourth-order valence-corrected chi connectivity index (χ4v) is 1.29. The van der Waals surface area contributed by atoms with Crippen molar-refractivity contribution in [1.82, 2.24) is 4.98 Å². The van der Waals surface area contributed by atoms with E-state index >= 15 is 0 Å². The lowest BCUT2D eigenvalue weighted by Crippen LogP contribution is -2.00. The number of hydrogen-bond donors (Lipinski definition) is 1. The quantitative estimate of drug-likeness (QED) is 0.608. The van der Waals surface area contributed by atoms with Crippen molar-refractivity contribution < 1.29 is 5.11 Å². The molecule has 1 heterocycles. The lowest BCUT2D eigenvalue weighted by Gasteiger charge is -2.10. The molecule has 0 radical (unpaired) electrons. The minimum Gasteiger partial charge on any atom is -0.512 e. The van der Waals surface area contributed by atoms with Gasteiger partial charge in [0.05, 0.1) is 5.76 Å². The molecule has 11 heavy (non-hydrogen) atoms. The van der Waals surface area contributed by atoms with E-state index in [1.54, 1.807) is 12.3 Å². The Kier molecular flexibility index (Phi) is 1.39. The Bertz CT molecular complexity index is 304. The summed E-state index contributed by atoms with van der Waals surface area (Å²) in [5, 5.41) is 9.19. The van der Waals surface area contributed by atoms with Crippen LogP contribution >= 0.6 is 0 Å². The van der Waals surface area contributed by atoms with E-state index in [-0.39, 0.29) is 0 Å². The fourth-order valence-electron chi connectivity index (χ4n) is 1.29. The maximum Gasteiger partial charge on any atom is 0.0933 e. The minimum absolute atomic E-state index is 0.463. The molecule has 56 valence electrons. The average molecular weight is 147 g/mol. The standard InChI is InChI=1S/C9H9NO/c11-8-3-4-9-7(6-8)2-1-5-10-9/h1-2,5-6,11H,3-4H2. The Labute approximate surface area is 65.2 Å². The molecule has 0 bridgehead atoms. The van der Waals surface area contributed by atoms with Gasteiger partial charge in [0.1, 0.15) is 0 Å². The molecular formula is C9H9NO. The molecule has 1 aromatic heterocycles. The van der Waals surface area contributed by atoms with Gasteiger partial charge in [-0.25, -0.2) is 0 Å². The molecule has 1 aliphatic carbocycles. The molecule has 0 saturated heterocycles. The zero-order valence-corrected chi connectivity index (χ0v) is 6.12. The molecule has 0 amide bonds. The Hall–Kier alpha value is -1.31. The first-order valence-corrected chi connectivity index (χ1v) is 3.70. The predicted octanol–water partition coefficient (Wildman–Crippen LogP) is 1.93. The Balaban J connectivity index is 2.51. The van der Waals surface area contributed by atoms with E-state index in [1.807, 2.05) is 12.1 Å². The van der Waals surface area contributed by atoms with Gasteiger partial charge in [-0.1, -0.05) is 6.07 Å². The average Bonchev–Trinajstić information content (AvgIpc) is 2.04. The summed E-state index contributed by atoms with van der Waals surface area (Å²) in [4.78, 5) is 4.20. The Morgan fingerprint density at radius 3 is 3.18 bits per heavy atom. The number of hydrogen-bond acceptors (Lipinski definition) is 2. The molecule has 0 unspecified atom stereocenters. The number of allylic oxidation sites excluding steroid dienone is 1. The third-order valence-corrected chi connectivity index (χ3v) is 1.87. The van der Waals surface area contributed by atoms with Crippen LogP contribution in [0.2, 0.25) is 0 Å². The van der Waals surface area contributed by atoms with Gasteiger partial charge in [-0.15, -0.1) is 0 Å². The molecule has 0 atom stereocenters. The summed E-state index contributed by atoms with van der Waals surface area (Å²) in [5.41, 5.74) is 2.14.